The second-order valence-corrected chi connectivity index (χ2v) is 2.59. The number of rotatable bonds is 3. The number of hydrogen-bond acceptors (Lipinski definition) is 3. The third kappa shape index (κ3) is 1.88. The topological polar surface area (TPSA) is 52.3 Å². The fourth-order valence-corrected chi connectivity index (χ4v) is 1.03. The van der Waals surface area contributed by atoms with E-state index in [2.05, 4.69) is 0 Å². The molecule has 0 fully saturated rings. The van der Waals surface area contributed by atoms with Crippen molar-refractivity contribution < 1.29 is 18.3 Å². The van der Waals surface area contributed by atoms with Crippen LogP contribution in [0.5, 0.6) is 5.75 Å². The van der Waals surface area contributed by atoms with E-state index < -0.39 is 17.4 Å². The lowest BCUT2D eigenvalue weighted by atomic mass is 10.1. The lowest BCUT2D eigenvalue weighted by Crippen LogP contribution is -2.15. The molecule has 3 nitrogen and oxygen atoms in total. The van der Waals surface area contributed by atoms with Crippen molar-refractivity contribution >= 4 is 5.78 Å². The second-order valence-electron chi connectivity index (χ2n) is 2.59. The fraction of sp³-hybridized carbons (Fsp3) is 0.222. The Morgan fingerprint density at radius 3 is 2.50 bits per heavy atom. The van der Waals surface area contributed by atoms with Crippen molar-refractivity contribution in [3.8, 4) is 5.75 Å². The summed E-state index contributed by atoms with van der Waals surface area (Å²) in [6.45, 7) is -0.276. The molecule has 0 aliphatic rings. The number of halogens is 2. The van der Waals surface area contributed by atoms with E-state index in [0.29, 0.717) is 0 Å². The van der Waals surface area contributed by atoms with Crippen molar-refractivity contribution in [3.63, 3.8) is 0 Å². The molecule has 1 aromatic rings. The van der Waals surface area contributed by atoms with Crippen molar-refractivity contribution in [1.82, 2.24) is 0 Å². The van der Waals surface area contributed by atoms with Gasteiger partial charge in [0.15, 0.2) is 17.4 Å². The summed E-state index contributed by atoms with van der Waals surface area (Å²) in [6.07, 6.45) is 0. The highest BCUT2D eigenvalue weighted by atomic mass is 19.2. The van der Waals surface area contributed by atoms with Gasteiger partial charge in [-0.05, 0) is 6.07 Å². The van der Waals surface area contributed by atoms with Gasteiger partial charge in [0.25, 0.3) is 0 Å². The van der Waals surface area contributed by atoms with Crippen LogP contribution in [-0.4, -0.2) is 19.4 Å². The summed E-state index contributed by atoms with van der Waals surface area (Å²) in [5.74, 6) is -2.67. The van der Waals surface area contributed by atoms with E-state index in [1.54, 1.807) is 0 Å². The van der Waals surface area contributed by atoms with Crippen molar-refractivity contribution in [3.05, 3.63) is 29.3 Å². The number of benzene rings is 1. The maximum absolute atomic E-state index is 12.8. The summed E-state index contributed by atoms with van der Waals surface area (Å²) in [5.41, 5.74) is 5.05. The Morgan fingerprint density at radius 1 is 1.43 bits per heavy atom. The number of Topliss-reactive ketones (excluding diaryl/α,β-unsaturated/α-hetero) is 1. The van der Waals surface area contributed by atoms with Gasteiger partial charge in [-0.25, -0.2) is 8.78 Å². The first-order chi connectivity index (χ1) is 6.60. The fourth-order valence-electron chi connectivity index (χ4n) is 1.03. The first kappa shape index (κ1) is 10.6. The highest BCUT2D eigenvalue weighted by molar-refractivity contribution is 6.00. The van der Waals surface area contributed by atoms with Crippen LogP contribution in [0.2, 0.25) is 0 Å². The zero-order chi connectivity index (χ0) is 10.7. The molecule has 1 aromatic carbocycles. The Labute approximate surface area is 79.5 Å². The van der Waals surface area contributed by atoms with E-state index in [9.17, 15) is 13.6 Å². The van der Waals surface area contributed by atoms with Crippen molar-refractivity contribution in [1.29, 1.82) is 0 Å². The molecule has 2 N–H and O–H groups in total. The van der Waals surface area contributed by atoms with Gasteiger partial charge in [-0.1, -0.05) is 0 Å². The summed E-state index contributed by atoms with van der Waals surface area (Å²) >= 11 is 0. The van der Waals surface area contributed by atoms with Crippen LogP contribution in [0.15, 0.2) is 12.1 Å². The number of methoxy groups -OCH3 is 1. The second kappa shape index (κ2) is 4.15. The van der Waals surface area contributed by atoms with E-state index in [-0.39, 0.29) is 17.9 Å². The minimum absolute atomic E-state index is 0.0145. The van der Waals surface area contributed by atoms with E-state index in [0.717, 1.165) is 12.1 Å². The number of ketones is 1. The number of nitrogens with two attached hydrogens (primary N) is 1. The Kier molecular flexibility index (Phi) is 3.14. The van der Waals surface area contributed by atoms with Gasteiger partial charge in [0.2, 0.25) is 0 Å². The van der Waals surface area contributed by atoms with Gasteiger partial charge >= 0.3 is 0 Å². The predicted octanol–water partition coefficient (Wildman–Crippen LogP) is 1.11. The SMILES string of the molecule is COc1cc(F)c(F)cc1C(=O)CN. The first-order valence-electron chi connectivity index (χ1n) is 3.86. The molecule has 0 unspecified atom stereocenters. The van der Waals surface area contributed by atoms with Gasteiger partial charge in [0.05, 0.1) is 19.2 Å². The zero-order valence-corrected chi connectivity index (χ0v) is 7.51. The Bertz CT molecular complexity index is 366. The molecule has 0 aliphatic carbocycles. The summed E-state index contributed by atoms with van der Waals surface area (Å²) in [7, 11) is 1.26. The number of ether oxygens (including phenoxy) is 1. The highest BCUT2D eigenvalue weighted by Gasteiger charge is 2.15. The van der Waals surface area contributed by atoms with Crippen molar-refractivity contribution in [2.75, 3.05) is 13.7 Å². The largest absolute Gasteiger partial charge is 0.496 e. The monoisotopic (exact) mass is 201 g/mol. The minimum atomic E-state index is -1.09. The van der Waals surface area contributed by atoms with Crippen LogP contribution in [0.1, 0.15) is 10.4 Å². The zero-order valence-electron chi connectivity index (χ0n) is 7.51. The molecule has 0 bridgehead atoms. The summed E-state index contributed by atoms with van der Waals surface area (Å²) < 4.78 is 30.2. The molecule has 0 saturated carbocycles. The van der Waals surface area contributed by atoms with Gasteiger partial charge < -0.3 is 10.5 Å². The average Bonchev–Trinajstić information content (AvgIpc) is 2.20. The smallest absolute Gasteiger partial charge is 0.180 e. The van der Waals surface area contributed by atoms with Gasteiger partial charge in [-0.2, -0.15) is 0 Å². The molecule has 0 aromatic heterocycles. The lowest BCUT2D eigenvalue weighted by molar-refractivity contribution is 0.0998. The van der Waals surface area contributed by atoms with E-state index in [4.69, 9.17) is 10.5 Å². The lowest BCUT2D eigenvalue weighted by Gasteiger charge is -2.06. The first-order valence-corrected chi connectivity index (χ1v) is 3.86. The molecule has 0 radical (unpaired) electrons. The molecule has 0 amide bonds. The molecule has 0 heterocycles. The standard InChI is InChI=1S/C9H9F2NO2/c1-14-9-3-7(11)6(10)2-5(9)8(13)4-12/h2-3H,4,12H2,1H3. The summed E-state index contributed by atoms with van der Waals surface area (Å²) in [5, 5.41) is 0. The van der Waals surface area contributed by atoms with Gasteiger partial charge in [0, 0.05) is 6.07 Å². The van der Waals surface area contributed by atoms with Crippen molar-refractivity contribution in [2.45, 2.75) is 0 Å². The maximum atomic E-state index is 12.8. The van der Waals surface area contributed by atoms with Crippen LogP contribution in [0, 0.1) is 11.6 Å². The molecule has 1 rings (SSSR count). The van der Waals surface area contributed by atoms with Crippen LogP contribution in [0.3, 0.4) is 0 Å². The minimum Gasteiger partial charge on any atom is -0.496 e. The molecular formula is C9H9F2NO2. The average molecular weight is 201 g/mol. The third-order valence-corrected chi connectivity index (χ3v) is 1.73. The van der Waals surface area contributed by atoms with Crippen LogP contribution >= 0.6 is 0 Å². The van der Waals surface area contributed by atoms with Crippen molar-refractivity contribution in [2.24, 2.45) is 5.73 Å². The van der Waals surface area contributed by atoms with Gasteiger partial charge in [0.1, 0.15) is 5.75 Å². The van der Waals surface area contributed by atoms with Crippen LogP contribution < -0.4 is 10.5 Å². The van der Waals surface area contributed by atoms with Crippen LogP contribution in [0.25, 0.3) is 0 Å². The van der Waals surface area contributed by atoms with E-state index in [1.807, 2.05) is 0 Å². The molecule has 0 atom stereocenters. The Morgan fingerprint density at radius 2 is 2.00 bits per heavy atom. The summed E-state index contributed by atoms with van der Waals surface area (Å²) in [4.78, 5) is 11.2. The molecule has 0 spiro atoms. The molecule has 76 valence electrons. The molecular weight excluding hydrogens is 192 g/mol. The van der Waals surface area contributed by atoms with Gasteiger partial charge in [-0.3, -0.25) is 4.79 Å². The molecule has 0 aliphatic heterocycles. The summed E-state index contributed by atoms with van der Waals surface area (Å²) in [6, 6.07) is 1.60. The van der Waals surface area contributed by atoms with Crippen LogP contribution in [0.4, 0.5) is 8.78 Å². The normalized spacial score (nSPS) is 10.0. The third-order valence-electron chi connectivity index (χ3n) is 1.73. The highest BCUT2D eigenvalue weighted by Crippen LogP contribution is 2.22. The van der Waals surface area contributed by atoms with E-state index in [1.165, 1.54) is 7.11 Å². The number of hydrogen-bond donors (Lipinski definition) is 1. The molecule has 5 heteroatoms. The Balaban J connectivity index is 3.27. The number of carbonyl (C=O) groups excluding carboxylic acids is 1. The van der Waals surface area contributed by atoms with E-state index >= 15 is 0 Å². The van der Waals surface area contributed by atoms with Gasteiger partial charge in [-0.15, -0.1) is 0 Å². The number of carbonyl (C=O) groups is 1. The Hall–Kier alpha value is -1.49. The quantitative estimate of drug-likeness (QED) is 0.745. The van der Waals surface area contributed by atoms with Crippen LogP contribution in [-0.2, 0) is 0 Å². The maximum Gasteiger partial charge on any atom is 0.180 e. The predicted molar refractivity (Wildman–Crippen MR) is 46.3 cm³/mol. The molecule has 0 saturated heterocycles. The molecule has 14 heavy (non-hydrogen) atoms.